The van der Waals surface area contributed by atoms with Gasteiger partial charge in [0.15, 0.2) is 0 Å². The molecule has 1 fully saturated rings. The molecule has 0 amide bonds. The number of carbonyl (C=O) groups excluding carboxylic acids is 1. The van der Waals surface area contributed by atoms with E-state index in [1.165, 1.54) is 25.7 Å². The highest BCUT2D eigenvalue weighted by molar-refractivity contribution is 5.72. The summed E-state index contributed by atoms with van der Waals surface area (Å²) in [7, 11) is 0. The minimum Gasteiger partial charge on any atom is -0.459 e. The fourth-order valence-electron chi connectivity index (χ4n) is 2.47. The molecule has 18 heavy (non-hydrogen) atoms. The van der Waals surface area contributed by atoms with E-state index < -0.39 is 0 Å². The molecule has 0 bridgehead atoms. The number of esters is 1. The lowest BCUT2D eigenvalue weighted by Crippen LogP contribution is -2.37. The van der Waals surface area contributed by atoms with Gasteiger partial charge in [-0.2, -0.15) is 0 Å². The maximum atomic E-state index is 11.6. The van der Waals surface area contributed by atoms with Crippen molar-refractivity contribution in [1.29, 1.82) is 0 Å². The quantitative estimate of drug-likeness (QED) is 0.621. The Bertz CT molecular complexity index is 279. The maximum absolute atomic E-state index is 11.6. The first kappa shape index (κ1) is 15.5. The Morgan fingerprint density at radius 2 is 1.94 bits per heavy atom. The Kier molecular flexibility index (Phi) is 5.20. The van der Waals surface area contributed by atoms with E-state index in [0.29, 0.717) is 18.0 Å². The smallest absolute Gasteiger partial charge is 0.320 e. The van der Waals surface area contributed by atoms with Gasteiger partial charge in [0.2, 0.25) is 0 Å². The average molecular weight is 255 g/mol. The first-order chi connectivity index (χ1) is 8.18. The zero-order valence-corrected chi connectivity index (χ0v) is 12.6. The molecule has 0 aromatic carbocycles. The molecule has 1 N–H and O–H groups in total. The predicted molar refractivity (Wildman–Crippen MR) is 74.5 cm³/mol. The molecule has 0 saturated heterocycles. The number of rotatable bonds is 3. The Balaban J connectivity index is 2.29. The van der Waals surface area contributed by atoms with Crippen molar-refractivity contribution in [3.8, 4) is 0 Å². The summed E-state index contributed by atoms with van der Waals surface area (Å²) in [6, 6.07) is 0.472. The summed E-state index contributed by atoms with van der Waals surface area (Å²) >= 11 is 0. The number of ether oxygens (including phenoxy) is 1. The molecular weight excluding hydrogens is 226 g/mol. The van der Waals surface area contributed by atoms with E-state index in [1.54, 1.807) is 0 Å². The molecule has 0 spiro atoms. The molecule has 3 heteroatoms. The Morgan fingerprint density at radius 3 is 2.56 bits per heavy atom. The van der Waals surface area contributed by atoms with Crippen LogP contribution in [0.25, 0.3) is 0 Å². The van der Waals surface area contributed by atoms with Crippen LogP contribution in [0.1, 0.15) is 66.7 Å². The van der Waals surface area contributed by atoms with Gasteiger partial charge >= 0.3 is 5.97 Å². The van der Waals surface area contributed by atoms with E-state index in [9.17, 15) is 4.79 Å². The second-order valence-corrected chi connectivity index (χ2v) is 7.26. The predicted octanol–water partition coefficient (Wildman–Crippen LogP) is 3.28. The Morgan fingerprint density at radius 1 is 1.28 bits per heavy atom. The van der Waals surface area contributed by atoms with E-state index in [0.717, 1.165) is 6.42 Å². The van der Waals surface area contributed by atoms with Crippen molar-refractivity contribution in [3.05, 3.63) is 0 Å². The molecule has 106 valence electrons. The Hall–Kier alpha value is -0.570. The van der Waals surface area contributed by atoms with Crippen molar-refractivity contribution in [2.24, 2.45) is 5.41 Å². The molecular formula is C15H29NO2. The normalized spacial score (nSPS) is 24.4. The second kappa shape index (κ2) is 6.05. The zero-order valence-electron chi connectivity index (χ0n) is 12.6. The third kappa shape index (κ3) is 6.39. The molecule has 1 saturated carbocycles. The summed E-state index contributed by atoms with van der Waals surface area (Å²) in [5.41, 5.74) is 0.0759. The molecule has 1 rings (SSSR count). The highest BCUT2D eigenvalue weighted by atomic mass is 16.6. The van der Waals surface area contributed by atoms with Gasteiger partial charge in [-0.1, -0.05) is 20.3 Å². The van der Waals surface area contributed by atoms with Gasteiger partial charge in [-0.3, -0.25) is 4.79 Å². The largest absolute Gasteiger partial charge is 0.459 e. The van der Waals surface area contributed by atoms with Gasteiger partial charge in [0.25, 0.3) is 0 Å². The number of carbonyl (C=O) groups is 1. The summed E-state index contributed by atoms with van der Waals surface area (Å²) in [6.45, 7) is 10.7. The van der Waals surface area contributed by atoms with Gasteiger partial charge < -0.3 is 10.1 Å². The summed E-state index contributed by atoms with van der Waals surface area (Å²) < 4.78 is 5.30. The van der Waals surface area contributed by atoms with Crippen LogP contribution in [0.2, 0.25) is 0 Å². The van der Waals surface area contributed by atoms with Crippen LogP contribution in [-0.2, 0) is 9.53 Å². The third-order valence-corrected chi connectivity index (χ3v) is 3.53. The number of nitrogens with one attached hydrogen (secondary N) is 1. The molecule has 3 nitrogen and oxygen atoms in total. The van der Waals surface area contributed by atoms with Crippen molar-refractivity contribution >= 4 is 5.97 Å². The molecule has 0 aromatic rings. The Labute approximate surface area is 112 Å². The van der Waals surface area contributed by atoms with Crippen LogP contribution in [0, 0.1) is 5.41 Å². The van der Waals surface area contributed by atoms with Crippen LogP contribution in [0.4, 0.5) is 0 Å². The average Bonchev–Trinajstić information content (AvgIpc) is 2.34. The van der Waals surface area contributed by atoms with Crippen LogP contribution in [-0.4, -0.2) is 24.2 Å². The molecule has 0 radical (unpaired) electrons. The summed E-state index contributed by atoms with van der Waals surface area (Å²) in [5, 5.41) is 3.35. The van der Waals surface area contributed by atoms with Gasteiger partial charge in [0.05, 0.1) is 6.54 Å². The van der Waals surface area contributed by atoms with Crippen molar-refractivity contribution in [3.63, 3.8) is 0 Å². The van der Waals surface area contributed by atoms with Gasteiger partial charge in [-0.25, -0.2) is 0 Å². The zero-order chi connectivity index (χ0) is 13.8. The van der Waals surface area contributed by atoms with Crippen LogP contribution in [0.3, 0.4) is 0 Å². The molecule has 0 heterocycles. The fourth-order valence-corrected chi connectivity index (χ4v) is 2.47. The fraction of sp³-hybridized carbons (Fsp3) is 0.933. The second-order valence-electron chi connectivity index (χ2n) is 7.26. The van der Waals surface area contributed by atoms with Crippen molar-refractivity contribution in [2.45, 2.75) is 78.4 Å². The topological polar surface area (TPSA) is 38.3 Å². The molecule has 1 aliphatic rings. The lowest BCUT2D eigenvalue weighted by molar-refractivity contribution is -0.153. The highest BCUT2D eigenvalue weighted by Crippen LogP contribution is 2.33. The number of hydrogen-bond donors (Lipinski definition) is 1. The van der Waals surface area contributed by atoms with Gasteiger partial charge in [-0.05, 0) is 51.9 Å². The number of hydrogen-bond acceptors (Lipinski definition) is 3. The highest BCUT2D eigenvalue weighted by Gasteiger charge is 2.25. The van der Waals surface area contributed by atoms with E-state index in [1.807, 2.05) is 20.8 Å². The lowest BCUT2D eigenvalue weighted by atomic mass is 9.85. The summed E-state index contributed by atoms with van der Waals surface area (Å²) in [6.07, 6.45) is 6.11. The van der Waals surface area contributed by atoms with Crippen molar-refractivity contribution in [1.82, 2.24) is 5.32 Å². The van der Waals surface area contributed by atoms with Crippen LogP contribution >= 0.6 is 0 Å². The van der Waals surface area contributed by atoms with Gasteiger partial charge in [0, 0.05) is 6.04 Å². The van der Waals surface area contributed by atoms with E-state index in [2.05, 4.69) is 19.2 Å². The molecule has 1 atom stereocenters. The minimum absolute atomic E-state index is 0.147. The van der Waals surface area contributed by atoms with Gasteiger partial charge in [-0.15, -0.1) is 0 Å². The van der Waals surface area contributed by atoms with Crippen molar-refractivity contribution < 1.29 is 9.53 Å². The van der Waals surface area contributed by atoms with Crippen molar-refractivity contribution in [2.75, 3.05) is 6.54 Å². The molecule has 1 unspecified atom stereocenters. The first-order valence-electron chi connectivity index (χ1n) is 7.13. The first-order valence-corrected chi connectivity index (χ1v) is 7.13. The molecule has 0 aromatic heterocycles. The lowest BCUT2D eigenvalue weighted by Gasteiger charge is -2.23. The van der Waals surface area contributed by atoms with Crippen LogP contribution in [0.5, 0.6) is 0 Å². The monoisotopic (exact) mass is 255 g/mol. The molecule has 1 aliphatic carbocycles. The molecule has 0 aliphatic heterocycles. The minimum atomic E-state index is -0.385. The van der Waals surface area contributed by atoms with Gasteiger partial charge in [0.1, 0.15) is 5.60 Å². The summed E-state index contributed by atoms with van der Waals surface area (Å²) in [5.74, 6) is -0.147. The third-order valence-electron chi connectivity index (χ3n) is 3.53. The standard InChI is InChI=1S/C15H29NO2/c1-14(2,3)18-13(17)11-16-12-7-6-9-15(4,5)10-8-12/h12,16H,6-11H2,1-5H3. The van der Waals surface area contributed by atoms with Crippen LogP contribution < -0.4 is 5.32 Å². The van der Waals surface area contributed by atoms with Crippen LogP contribution in [0.15, 0.2) is 0 Å². The SMILES string of the molecule is CC1(C)CCCC(NCC(=O)OC(C)(C)C)CC1. The van der Waals surface area contributed by atoms with E-state index in [4.69, 9.17) is 4.74 Å². The van der Waals surface area contributed by atoms with E-state index >= 15 is 0 Å². The van der Waals surface area contributed by atoms with E-state index in [-0.39, 0.29) is 11.6 Å². The maximum Gasteiger partial charge on any atom is 0.320 e. The summed E-state index contributed by atoms with van der Waals surface area (Å²) in [4.78, 5) is 11.6.